The summed E-state index contributed by atoms with van der Waals surface area (Å²) in [7, 11) is 0. The first kappa shape index (κ1) is 15.4. The van der Waals surface area contributed by atoms with Crippen LogP contribution >= 0.6 is 0 Å². The minimum absolute atomic E-state index is 0.0579. The van der Waals surface area contributed by atoms with E-state index in [9.17, 15) is 23.5 Å². The van der Waals surface area contributed by atoms with Crippen molar-refractivity contribution in [2.75, 3.05) is 24.7 Å². The van der Waals surface area contributed by atoms with E-state index in [0.29, 0.717) is 11.3 Å². The monoisotopic (exact) mass is 299 g/mol. The van der Waals surface area contributed by atoms with Crippen molar-refractivity contribution in [3.63, 3.8) is 0 Å². The van der Waals surface area contributed by atoms with Gasteiger partial charge >= 0.3 is 5.97 Å². The van der Waals surface area contributed by atoms with E-state index in [1.165, 1.54) is 4.90 Å². The number of alkyl halides is 2. The van der Waals surface area contributed by atoms with Crippen molar-refractivity contribution in [3.05, 3.63) is 29.8 Å². The molecule has 7 heteroatoms. The number of fused-ring (bicyclic) bond motifs is 1. The van der Waals surface area contributed by atoms with Crippen LogP contribution in [0, 0.1) is 0 Å². The number of hydrogen-bond acceptors (Lipinski definition) is 3. The zero-order chi connectivity index (χ0) is 15.4. The van der Waals surface area contributed by atoms with Gasteiger partial charge in [-0.25, -0.2) is 8.78 Å². The Kier molecular flexibility index (Phi) is 4.85. The zero-order valence-electron chi connectivity index (χ0n) is 11.2. The molecule has 5 nitrogen and oxygen atoms in total. The van der Waals surface area contributed by atoms with Crippen LogP contribution in [0.3, 0.4) is 0 Å². The maximum absolute atomic E-state index is 12.1. The van der Waals surface area contributed by atoms with Gasteiger partial charge < -0.3 is 14.7 Å². The third-order valence-electron chi connectivity index (χ3n) is 3.27. The Morgan fingerprint density at radius 1 is 1.38 bits per heavy atom. The van der Waals surface area contributed by atoms with Crippen LogP contribution in [0.15, 0.2) is 24.3 Å². The molecule has 0 saturated heterocycles. The summed E-state index contributed by atoms with van der Waals surface area (Å²) in [6.07, 6.45) is -2.63. The van der Waals surface area contributed by atoms with Crippen LogP contribution in [0.4, 0.5) is 14.5 Å². The number of para-hydroxylation sites is 1. The van der Waals surface area contributed by atoms with E-state index >= 15 is 0 Å². The highest BCUT2D eigenvalue weighted by Crippen LogP contribution is 2.36. The van der Waals surface area contributed by atoms with Crippen molar-refractivity contribution in [2.45, 2.75) is 18.8 Å². The molecule has 0 radical (unpaired) electrons. The van der Waals surface area contributed by atoms with Crippen LogP contribution in [-0.2, 0) is 14.3 Å². The maximum Gasteiger partial charge on any atom is 0.312 e. The summed E-state index contributed by atoms with van der Waals surface area (Å²) in [6, 6.07) is 6.79. The Morgan fingerprint density at radius 3 is 2.76 bits per heavy atom. The molecule has 0 aromatic heterocycles. The van der Waals surface area contributed by atoms with Crippen molar-refractivity contribution in [1.29, 1.82) is 0 Å². The molecule has 1 aromatic rings. The Labute approximate surface area is 120 Å². The molecule has 1 heterocycles. The average molecular weight is 299 g/mol. The van der Waals surface area contributed by atoms with Crippen molar-refractivity contribution in [3.8, 4) is 0 Å². The van der Waals surface area contributed by atoms with Gasteiger partial charge in [0.15, 0.2) is 0 Å². The molecule has 0 bridgehead atoms. The molecular weight excluding hydrogens is 284 g/mol. The maximum atomic E-state index is 12.1. The highest BCUT2D eigenvalue weighted by Gasteiger charge is 2.35. The lowest BCUT2D eigenvalue weighted by molar-refractivity contribution is -0.138. The number of halogens is 2. The first-order chi connectivity index (χ1) is 10.0. The third-order valence-corrected chi connectivity index (χ3v) is 3.27. The zero-order valence-corrected chi connectivity index (χ0v) is 11.2. The van der Waals surface area contributed by atoms with E-state index in [-0.39, 0.29) is 25.5 Å². The Morgan fingerprint density at radius 2 is 2.10 bits per heavy atom. The Bertz CT molecular complexity index is 535. The Hall–Kier alpha value is -2.02. The van der Waals surface area contributed by atoms with Crippen LogP contribution in [0.25, 0.3) is 0 Å². The molecule has 1 atom stereocenters. The minimum atomic E-state index is -2.57. The van der Waals surface area contributed by atoms with Crippen LogP contribution in [0.1, 0.15) is 17.9 Å². The first-order valence-corrected chi connectivity index (χ1v) is 6.48. The van der Waals surface area contributed by atoms with Gasteiger partial charge in [0, 0.05) is 12.2 Å². The van der Waals surface area contributed by atoms with Crippen LogP contribution in [-0.4, -0.2) is 43.2 Å². The van der Waals surface area contributed by atoms with Crippen molar-refractivity contribution in [2.24, 2.45) is 0 Å². The number of carbonyl (C=O) groups is 2. The first-order valence-electron chi connectivity index (χ1n) is 6.48. The quantitative estimate of drug-likeness (QED) is 0.814. The van der Waals surface area contributed by atoms with Gasteiger partial charge in [-0.15, -0.1) is 0 Å². The molecule has 2 rings (SSSR count). The molecule has 0 spiro atoms. The molecule has 1 N–H and O–H groups in total. The van der Waals surface area contributed by atoms with Gasteiger partial charge in [0.2, 0.25) is 5.91 Å². The largest absolute Gasteiger partial charge is 0.481 e. The molecule has 0 fully saturated rings. The number of anilines is 1. The smallest absolute Gasteiger partial charge is 0.312 e. The molecule has 21 heavy (non-hydrogen) atoms. The highest BCUT2D eigenvalue weighted by molar-refractivity contribution is 5.98. The summed E-state index contributed by atoms with van der Waals surface area (Å²) < 4.78 is 28.5. The summed E-state index contributed by atoms with van der Waals surface area (Å²) in [5.74, 6) is -2.08. The second-order valence-electron chi connectivity index (χ2n) is 4.67. The number of aliphatic carboxylic acids is 1. The number of ether oxygens (including phenoxy) is 1. The van der Waals surface area contributed by atoms with E-state index < -0.39 is 24.9 Å². The van der Waals surface area contributed by atoms with Gasteiger partial charge in [0.05, 0.1) is 13.0 Å². The standard InChI is InChI=1S/C14H15F2NO4/c15-12(16)8-21-6-5-13(18)17-7-10(14(19)20)9-3-1-2-4-11(9)17/h1-4,10,12H,5-8H2,(H,19,20). The number of carbonyl (C=O) groups excluding carboxylic acids is 1. The molecular formula is C14H15F2NO4. The molecule has 1 aliphatic rings. The van der Waals surface area contributed by atoms with Crippen LogP contribution < -0.4 is 4.90 Å². The number of nitrogens with zero attached hydrogens (tertiary/aromatic N) is 1. The van der Waals surface area contributed by atoms with E-state index in [0.717, 1.165) is 0 Å². The lowest BCUT2D eigenvalue weighted by Crippen LogP contribution is -2.32. The number of carboxylic acids is 1. The number of hydrogen-bond donors (Lipinski definition) is 1. The van der Waals surface area contributed by atoms with Gasteiger partial charge in [0.1, 0.15) is 12.5 Å². The van der Waals surface area contributed by atoms with E-state index in [2.05, 4.69) is 4.74 Å². The second kappa shape index (κ2) is 6.62. The SMILES string of the molecule is O=C(O)C1CN(C(=O)CCOCC(F)F)c2ccccc21. The second-order valence-corrected chi connectivity index (χ2v) is 4.67. The van der Waals surface area contributed by atoms with Gasteiger partial charge in [-0.3, -0.25) is 9.59 Å². The number of rotatable bonds is 6. The summed E-state index contributed by atoms with van der Waals surface area (Å²) in [5.41, 5.74) is 1.15. The average Bonchev–Trinajstić information content (AvgIpc) is 2.83. The molecule has 1 unspecified atom stereocenters. The third kappa shape index (κ3) is 3.55. The fraction of sp³-hybridized carbons (Fsp3) is 0.429. The van der Waals surface area contributed by atoms with E-state index in [1.807, 2.05) is 0 Å². The van der Waals surface area contributed by atoms with Crippen LogP contribution in [0.2, 0.25) is 0 Å². The summed E-state index contributed by atoms with van der Waals surface area (Å²) in [5, 5.41) is 9.19. The van der Waals surface area contributed by atoms with Crippen molar-refractivity contribution < 1.29 is 28.2 Å². The van der Waals surface area contributed by atoms with E-state index in [1.54, 1.807) is 24.3 Å². The topological polar surface area (TPSA) is 66.8 Å². The van der Waals surface area contributed by atoms with Gasteiger partial charge in [-0.1, -0.05) is 18.2 Å². The van der Waals surface area contributed by atoms with Crippen LogP contribution in [0.5, 0.6) is 0 Å². The fourth-order valence-electron chi connectivity index (χ4n) is 2.32. The molecule has 0 aliphatic carbocycles. The van der Waals surface area contributed by atoms with Crippen molar-refractivity contribution in [1.82, 2.24) is 0 Å². The van der Waals surface area contributed by atoms with Gasteiger partial charge in [0.25, 0.3) is 6.43 Å². The van der Waals surface area contributed by atoms with Gasteiger partial charge in [-0.05, 0) is 11.6 Å². The molecule has 1 aliphatic heterocycles. The molecule has 114 valence electrons. The lowest BCUT2D eigenvalue weighted by atomic mass is 10.0. The predicted molar refractivity (Wildman–Crippen MR) is 70.6 cm³/mol. The van der Waals surface area contributed by atoms with Gasteiger partial charge in [-0.2, -0.15) is 0 Å². The summed E-state index contributed by atoms with van der Waals surface area (Å²) in [6.45, 7) is -0.760. The lowest BCUT2D eigenvalue weighted by Gasteiger charge is -2.17. The van der Waals surface area contributed by atoms with E-state index in [4.69, 9.17) is 0 Å². The molecule has 1 aromatic carbocycles. The predicted octanol–water partition coefficient (Wildman–Crippen LogP) is 1.87. The molecule has 0 saturated carbocycles. The number of amides is 1. The fourth-order valence-corrected chi connectivity index (χ4v) is 2.32. The number of benzene rings is 1. The van der Waals surface area contributed by atoms with Crippen molar-refractivity contribution >= 4 is 17.6 Å². The normalized spacial score (nSPS) is 17.1. The molecule has 1 amide bonds. The highest BCUT2D eigenvalue weighted by atomic mass is 19.3. The Balaban J connectivity index is 2.01. The summed E-state index contributed by atoms with van der Waals surface area (Å²) in [4.78, 5) is 24.7. The minimum Gasteiger partial charge on any atom is -0.481 e. The number of carboxylic acid groups (broad SMARTS) is 1. The summed E-state index contributed by atoms with van der Waals surface area (Å²) >= 11 is 0.